The van der Waals surface area contributed by atoms with Crippen molar-refractivity contribution in [3.05, 3.63) is 35.9 Å². The summed E-state index contributed by atoms with van der Waals surface area (Å²) in [6, 6.07) is 10.2. The molecule has 0 bridgehead atoms. The molecule has 1 saturated heterocycles. The van der Waals surface area contributed by atoms with Crippen LogP contribution in [0, 0.1) is 0 Å². The van der Waals surface area contributed by atoms with E-state index in [9.17, 15) is 19.8 Å². The van der Waals surface area contributed by atoms with E-state index >= 15 is 0 Å². The topological polar surface area (TPSA) is 93.1 Å². The van der Waals surface area contributed by atoms with E-state index in [1.54, 1.807) is 0 Å². The zero-order valence-corrected chi connectivity index (χ0v) is 18.1. The fourth-order valence-corrected chi connectivity index (χ4v) is 4.05. The Bertz CT molecular complexity index is 622. The third-order valence-electron chi connectivity index (χ3n) is 5.72. The fourth-order valence-electron chi connectivity index (χ4n) is 4.05. The third-order valence-corrected chi connectivity index (χ3v) is 5.72. The Hall–Kier alpha value is -1.92. The first-order valence-corrected chi connectivity index (χ1v) is 11.3. The first-order valence-electron chi connectivity index (χ1n) is 11.3. The number of ether oxygens (including phenoxy) is 2. The highest BCUT2D eigenvalue weighted by atomic mass is 16.8. The van der Waals surface area contributed by atoms with Gasteiger partial charge in [0.2, 0.25) is 0 Å². The minimum Gasteiger partial charge on any atom is -0.479 e. The normalized spacial score (nSPS) is 20.3. The van der Waals surface area contributed by atoms with Crippen LogP contribution in [0.25, 0.3) is 0 Å². The SMILES string of the molecule is CCCCCCCCCC1(CCCCc2ccccc2)O[C@@H](C(=O)O)[C@H](C(=O)O)O1. The fraction of sp³-hybridized carbons (Fsp3) is 0.667. The number of carboxylic acid groups (broad SMARTS) is 2. The molecule has 0 unspecified atom stereocenters. The van der Waals surface area contributed by atoms with Gasteiger partial charge < -0.3 is 19.7 Å². The zero-order chi connectivity index (χ0) is 21.8. The molecule has 1 aromatic rings. The van der Waals surface area contributed by atoms with Crippen molar-refractivity contribution in [3.8, 4) is 0 Å². The standard InChI is InChI=1S/C24H36O6/c1-2-3-4-5-6-7-12-17-24(18-13-11-16-19-14-9-8-10-15-19)29-20(22(25)26)21(30-24)23(27)28/h8-10,14-15,20-21H,2-7,11-13,16-18H2,1H3,(H,25,26)(H,27,28)/t20-,21-/m1/s1. The van der Waals surface area contributed by atoms with Gasteiger partial charge in [-0.25, -0.2) is 9.59 Å². The summed E-state index contributed by atoms with van der Waals surface area (Å²) in [5.74, 6) is -3.69. The lowest BCUT2D eigenvalue weighted by Crippen LogP contribution is -2.36. The van der Waals surface area contributed by atoms with Gasteiger partial charge in [0, 0.05) is 12.8 Å². The zero-order valence-electron chi connectivity index (χ0n) is 18.1. The maximum absolute atomic E-state index is 11.5. The first-order chi connectivity index (χ1) is 14.5. The molecule has 0 spiro atoms. The summed E-state index contributed by atoms with van der Waals surface area (Å²) in [5.41, 5.74) is 1.25. The van der Waals surface area contributed by atoms with E-state index in [0.29, 0.717) is 12.8 Å². The maximum Gasteiger partial charge on any atom is 0.336 e. The number of benzene rings is 1. The molecule has 0 aliphatic carbocycles. The van der Waals surface area contributed by atoms with Crippen molar-refractivity contribution in [2.24, 2.45) is 0 Å². The van der Waals surface area contributed by atoms with E-state index in [1.807, 2.05) is 18.2 Å². The van der Waals surface area contributed by atoms with Crippen LogP contribution in [0.3, 0.4) is 0 Å². The van der Waals surface area contributed by atoms with Crippen LogP contribution < -0.4 is 0 Å². The molecule has 0 radical (unpaired) electrons. The summed E-state index contributed by atoms with van der Waals surface area (Å²) >= 11 is 0. The van der Waals surface area contributed by atoms with Gasteiger partial charge in [-0.3, -0.25) is 0 Å². The molecule has 1 heterocycles. The lowest BCUT2D eigenvalue weighted by atomic mass is 9.98. The molecule has 6 nitrogen and oxygen atoms in total. The largest absolute Gasteiger partial charge is 0.479 e. The second-order valence-corrected chi connectivity index (χ2v) is 8.23. The van der Waals surface area contributed by atoms with E-state index in [-0.39, 0.29) is 0 Å². The van der Waals surface area contributed by atoms with Crippen molar-refractivity contribution in [1.82, 2.24) is 0 Å². The summed E-state index contributed by atoms with van der Waals surface area (Å²) in [6.45, 7) is 2.19. The molecule has 0 aromatic heterocycles. The van der Waals surface area contributed by atoms with Gasteiger partial charge in [-0.2, -0.15) is 0 Å². The second-order valence-electron chi connectivity index (χ2n) is 8.23. The number of rotatable bonds is 15. The van der Waals surface area contributed by atoms with Gasteiger partial charge in [-0.05, 0) is 31.2 Å². The van der Waals surface area contributed by atoms with Crippen LogP contribution >= 0.6 is 0 Å². The van der Waals surface area contributed by atoms with Gasteiger partial charge in [0.25, 0.3) is 0 Å². The summed E-state index contributed by atoms with van der Waals surface area (Å²) in [6.07, 6.45) is 8.57. The Balaban J connectivity index is 1.90. The Morgan fingerprint density at radius 2 is 1.30 bits per heavy atom. The average molecular weight is 421 g/mol. The lowest BCUT2D eigenvalue weighted by Gasteiger charge is -2.28. The number of aliphatic carboxylic acids is 2. The Kier molecular flexibility index (Phi) is 10.3. The predicted molar refractivity (Wildman–Crippen MR) is 114 cm³/mol. The van der Waals surface area contributed by atoms with Crippen LogP contribution in [0.4, 0.5) is 0 Å². The number of carbonyl (C=O) groups is 2. The lowest BCUT2D eigenvalue weighted by molar-refractivity contribution is -0.195. The van der Waals surface area contributed by atoms with E-state index in [4.69, 9.17) is 9.47 Å². The highest BCUT2D eigenvalue weighted by Gasteiger charge is 2.53. The van der Waals surface area contributed by atoms with Gasteiger partial charge in [-0.1, -0.05) is 75.8 Å². The highest BCUT2D eigenvalue weighted by Crippen LogP contribution is 2.38. The minimum absolute atomic E-state index is 0.503. The number of carboxylic acids is 2. The predicted octanol–water partition coefficient (Wildman–Crippen LogP) is 5.19. The highest BCUT2D eigenvalue weighted by molar-refractivity contribution is 5.84. The molecule has 2 atom stereocenters. The van der Waals surface area contributed by atoms with Gasteiger partial charge >= 0.3 is 11.9 Å². The van der Waals surface area contributed by atoms with Gasteiger partial charge in [0.05, 0.1) is 0 Å². The van der Waals surface area contributed by atoms with Crippen molar-refractivity contribution in [3.63, 3.8) is 0 Å². The van der Waals surface area contributed by atoms with E-state index in [2.05, 4.69) is 19.1 Å². The number of hydrogen-bond acceptors (Lipinski definition) is 4. The molecule has 2 N–H and O–H groups in total. The van der Waals surface area contributed by atoms with Crippen molar-refractivity contribution in [2.45, 2.75) is 102 Å². The van der Waals surface area contributed by atoms with Crippen molar-refractivity contribution in [1.29, 1.82) is 0 Å². The smallest absolute Gasteiger partial charge is 0.336 e. The summed E-state index contributed by atoms with van der Waals surface area (Å²) in [7, 11) is 0. The molecular formula is C24H36O6. The summed E-state index contributed by atoms with van der Waals surface area (Å²) in [5, 5.41) is 18.8. The Morgan fingerprint density at radius 1 is 0.800 bits per heavy atom. The molecule has 1 aliphatic heterocycles. The second kappa shape index (κ2) is 12.7. The monoisotopic (exact) mass is 420 g/mol. The Morgan fingerprint density at radius 3 is 1.83 bits per heavy atom. The quantitative estimate of drug-likeness (QED) is 0.379. The van der Waals surface area contributed by atoms with Crippen LogP contribution in [-0.4, -0.2) is 40.1 Å². The maximum atomic E-state index is 11.5. The molecule has 1 aliphatic rings. The van der Waals surface area contributed by atoms with Crippen LogP contribution in [-0.2, 0) is 25.5 Å². The molecule has 1 aromatic carbocycles. The van der Waals surface area contributed by atoms with E-state index in [1.165, 1.54) is 31.2 Å². The molecular weight excluding hydrogens is 384 g/mol. The molecule has 0 amide bonds. The summed E-state index contributed by atoms with van der Waals surface area (Å²) in [4.78, 5) is 23.1. The first kappa shape index (κ1) is 24.4. The molecule has 6 heteroatoms. The van der Waals surface area contributed by atoms with E-state index < -0.39 is 29.9 Å². The van der Waals surface area contributed by atoms with Crippen LogP contribution in [0.5, 0.6) is 0 Å². The summed E-state index contributed by atoms with van der Waals surface area (Å²) < 4.78 is 11.6. The van der Waals surface area contributed by atoms with Crippen LogP contribution in [0.2, 0.25) is 0 Å². The number of hydrogen-bond donors (Lipinski definition) is 2. The van der Waals surface area contributed by atoms with Crippen molar-refractivity contribution in [2.75, 3.05) is 0 Å². The molecule has 1 fully saturated rings. The number of unbranched alkanes of at least 4 members (excludes halogenated alkanes) is 7. The van der Waals surface area contributed by atoms with Gasteiger partial charge in [0.15, 0.2) is 18.0 Å². The number of aryl methyl sites for hydroxylation is 1. The molecule has 30 heavy (non-hydrogen) atoms. The van der Waals surface area contributed by atoms with E-state index in [0.717, 1.165) is 38.5 Å². The van der Waals surface area contributed by atoms with Gasteiger partial charge in [0.1, 0.15) is 0 Å². The van der Waals surface area contributed by atoms with Crippen molar-refractivity contribution < 1.29 is 29.3 Å². The van der Waals surface area contributed by atoms with Crippen LogP contribution in [0.1, 0.15) is 83.1 Å². The average Bonchev–Trinajstić information content (AvgIpc) is 3.12. The molecule has 0 saturated carbocycles. The molecule has 2 rings (SSSR count). The minimum atomic E-state index is -1.46. The van der Waals surface area contributed by atoms with Crippen LogP contribution in [0.15, 0.2) is 30.3 Å². The van der Waals surface area contributed by atoms with Gasteiger partial charge in [-0.15, -0.1) is 0 Å². The van der Waals surface area contributed by atoms with Crippen molar-refractivity contribution >= 4 is 11.9 Å². The molecule has 168 valence electrons. The third kappa shape index (κ3) is 7.73. The Labute approximate surface area is 179 Å².